The Kier molecular flexibility index (Phi) is 6.67. The van der Waals surface area contributed by atoms with Gasteiger partial charge in [0.05, 0.1) is 23.4 Å². The van der Waals surface area contributed by atoms with Crippen LogP contribution in [0.1, 0.15) is 28.5 Å². The molecule has 0 radical (unpaired) electrons. The molecule has 0 spiro atoms. The zero-order valence-electron chi connectivity index (χ0n) is 14.2. The summed E-state index contributed by atoms with van der Waals surface area (Å²) in [4.78, 5) is 1.55. The van der Waals surface area contributed by atoms with Crippen LogP contribution in [0, 0.1) is 5.82 Å². The minimum atomic E-state index is -5.17. The molecule has 156 valence electrons. The van der Waals surface area contributed by atoms with Gasteiger partial charge in [0.2, 0.25) is 0 Å². The Morgan fingerprint density at radius 2 is 1.64 bits per heavy atom. The summed E-state index contributed by atoms with van der Waals surface area (Å²) < 4.78 is 99.4. The molecular weight excluding hydrogens is 417 g/mol. The molecule has 11 heteroatoms. The molecule has 1 aromatic carbocycles. The topological polar surface area (TPSA) is 28.4 Å². The highest BCUT2D eigenvalue weighted by Gasteiger charge is 2.43. The van der Waals surface area contributed by atoms with Crippen molar-refractivity contribution in [3.05, 3.63) is 58.8 Å². The second kappa shape index (κ2) is 8.30. The minimum absolute atomic E-state index is 0. The molecule has 3 nitrogen and oxygen atoms in total. The minimum Gasteiger partial charge on any atom is -0.467 e. The first-order valence-electron chi connectivity index (χ1n) is 8.05. The van der Waals surface area contributed by atoms with Gasteiger partial charge in [0.25, 0.3) is 0 Å². The summed E-state index contributed by atoms with van der Waals surface area (Å²) in [5.41, 5.74) is -4.21. The molecule has 2 heterocycles. The lowest BCUT2D eigenvalue weighted by molar-refractivity contribution is -0.144. The van der Waals surface area contributed by atoms with Gasteiger partial charge in [-0.05, 0) is 24.3 Å². The number of piperazine rings is 1. The predicted octanol–water partition coefficient (Wildman–Crippen LogP) is 4.87. The molecule has 2 aromatic rings. The van der Waals surface area contributed by atoms with Crippen LogP contribution in [-0.4, -0.2) is 31.1 Å². The van der Waals surface area contributed by atoms with E-state index in [4.69, 9.17) is 4.42 Å². The number of alkyl halides is 6. The Morgan fingerprint density at radius 3 is 2.14 bits per heavy atom. The lowest BCUT2D eigenvalue weighted by atomic mass is 9.93. The highest BCUT2D eigenvalue weighted by atomic mass is 35.5. The predicted molar refractivity (Wildman–Crippen MR) is 88.6 cm³/mol. The quantitative estimate of drug-likeness (QED) is 0.701. The maximum atomic E-state index is 14.7. The molecular formula is C17H16ClF7N2O. The van der Waals surface area contributed by atoms with E-state index in [1.165, 1.54) is 18.4 Å². The van der Waals surface area contributed by atoms with Gasteiger partial charge >= 0.3 is 12.4 Å². The van der Waals surface area contributed by atoms with Crippen molar-refractivity contribution < 1.29 is 35.2 Å². The van der Waals surface area contributed by atoms with Gasteiger partial charge in [0, 0.05) is 31.7 Å². The van der Waals surface area contributed by atoms with E-state index in [0.29, 0.717) is 13.1 Å². The SMILES string of the molecule is Cl.Fc1cc(C(F)(F)F)cc(C(F)(F)F)c1[C@@H](c1ccco1)N1CCNCC1. The molecule has 1 N–H and O–H groups in total. The van der Waals surface area contributed by atoms with Gasteiger partial charge in [0.1, 0.15) is 11.6 Å². The second-order valence-corrected chi connectivity index (χ2v) is 6.12. The van der Waals surface area contributed by atoms with Crippen molar-refractivity contribution in [3.8, 4) is 0 Å². The molecule has 1 saturated heterocycles. The van der Waals surface area contributed by atoms with E-state index >= 15 is 0 Å². The van der Waals surface area contributed by atoms with E-state index in [0.717, 1.165) is 0 Å². The zero-order chi connectivity index (χ0) is 19.8. The smallest absolute Gasteiger partial charge is 0.416 e. The van der Waals surface area contributed by atoms with Gasteiger partial charge in [-0.2, -0.15) is 26.3 Å². The first-order valence-corrected chi connectivity index (χ1v) is 8.05. The average Bonchev–Trinajstić information content (AvgIpc) is 3.09. The summed E-state index contributed by atoms with van der Waals surface area (Å²) in [6.07, 6.45) is -9.05. The fourth-order valence-electron chi connectivity index (χ4n) is 3.19. The monoisotopic (exact) mass is 432 g/mol. The van der Waals surface area contributed by atoms with Gasteiger partial charge in [0.15, 0.2) is 0 Å². The standard InChI is InChI=1S/C17H15F7N2O.ClH/c18-12-9-10(16(19,20)21)8-11(17(22,23)24)14(12)15(13-2-1-7-27-13)26-5-3-25-4-6-26;/h1-2,7-9,15,25H,3-6H2;1H/t15-;/m1./s1. The molecule has 1 aromatic heterocycles. The normalized spacial score (nSPS) is 17.2. The van der Waals surface area contributed by atoms with Crippen LogP contribution in [0.15, 0.2) is 34.9 Å². The van der Waals surface area contributed by atoms with Crippen molar-refractivity contribution in [2.24, 2.45) is 0 Å². The molecule has 1 fully saturated rings. The van der Waals surface area contributed by atoms with Crippen molar-refractivity contribution in [2.45, 2.75) is 18.4 Å². The van der Waals surface area contributed by atoms with Crippen LogP contribution in [0.4, 0.5) is 30.7 Å². The number of nitrogens with one attached hydrogen (secondary N) is 1. The molecule has 0 bridgehead atoms. The van der Waals surface area contributed by atoms with Crippen LogP contribution in [0.3, 0.4) is 0 Å². The summed E-state index contributed by atoms with van der Waals surface area (Å²) in [5.74, 6) is -1.54. The van der Waals surface area contributed by atoms with Crippen molar-refractivity contribution >= 4 is 12.4 Å². The van der Waals surface area contributed by atoms with Crippen LogP contribution in [0.5, 0.6) is 0 Å². The average molecular weight is 433 g/mol. The van der Waals surface area contributed by atoms with E-state index in [1.54, 1.807) is 4.90 Å². The molecule has 0 aliphatic carbocycles. The van der Waals surface area contributed by atoms with Crippen LogP contribution in [0.2, 0.25) is 0 Å². The van der Waals surface area contributed by atoms with E-state index in [2.05, 4.69) is 5.32 Å². The number of hydrogen-bond donors (Lipinski definition) is 1. The lowest BCUT2D eigenvalue weighted by Crippen LogP contribution is -2.46. The summed E-state index contributed by atoms with van der Waals surface area (Å²) in [5, 5.41) is 3.02. The van der Waals surface area contributed by atoms with Crippen LogP contribution in [-0.2, 0) is 12.4 Å². The van der Waals surface area contributed by atoms with Gasteiger partial charge in [-0.15, -0.1) is 12.4 Å². The fraction of sp³-hybridized carbons (Fsp3) is 0.412. The number of hydrogen-bond acceptors (Lipinski definition) is 3. The van der Waals surface area contributed by atoms with Crippen molar-refractivity contribution in [3.63, 3.8) is 0 Å². The third-order valence-electron chi connectivity index (χ3n) is 4.37. The number of benzene rings is 1. The zero-order valence-corrected chi connectivity index (χ0v) is 15.0. The molecule has 3 rings (SSSR count). The first kappa shape index (κ1) is 22.5. The summed E-state index contributed by atoms with van der Waals surface area (Å²) in [6, 6.07) is 1.57. The molecule has 1 atom stereocenters. The third-order valence-corrected chi connectivity index (χ3v) is 4.37. The Labute approximate surface area is 161 Å². The van der Waals surface area contributed by atoms with Crippen molar-refractivity contribution in [1.29, 1.82) is 0 Å². The number of halogens is 8. The molecule has 0 unspecified atom stereocenters. The van der Waals surface area contributed by atoms with Gasteiger partial charge in [-0.3, -0.25) is 4.90 Å². The number of furan rings is 1. The van der Waals surface area contributed by atoms with E-state index < -0.39 is 40.9 Å². The maximum absolute atomic E-state index is 14.7. The van der Waals surface area contributed by atoms with Crippen molar-refractivity contribution in [1.82, 2.24) is 10.2 Å². The van der Waals surface area contributed by atoms with E-state index in [9.17, 15) is 30.7 Å². The number of nitrogens with zero attached hydrogens (tertiary/aromatic N) is 1. The van der Waals surface area contributed by atoms with E-state index in [-0.39, 0.29) is 43.4 Å². The maximum Gasteiger partial charge on any atom is 0.416 e. The Bertz CT molecular complexity index is 784. The molecule has 1 aliphatic rings. The summed E-state index contributed by atoms with van der Waals surface area (Å²) in [7, 11) is 0. The Morgan fingerprint density at radius 1 is 1.00 bits per heavy atom. The van der Waals surface area contributed by atoms with Crippen LogP contribution < -0.4 is 5.32 Å². The van der Waals surface area contributed by atoms with Gasteiger partial charge in [-0.1, -0.05) is 0 Å². The van der Waals surface area contributed by atoms with Crippen LogP contribution >= 0.6 is 12.4 Å². The lowest BCUT2D eigenvalue weighted by Gasteiger charge is -2.35. The Hall–Kier alpha value is -1.78. The molecule has 1 aliphatic heterocycles. The van der Waals surface area contributed by atoms with Gasteiger partial charge < -0.3 is 9.73 Å². The fourth-order valence-corrected chi connectivity index (χ4v) is 3.19. The molecule has 0 amide bonds. The third kappa shape index (κ3) is 4.61. The van der Waals surface area contributed by atoms with Crippen molar-refractivity contribution in [2.75, 3.05) is 26.2 Å². The number of rotatable bonds is 3. The molecule has 28 heavy (non-hydrogen) atoms. The van der Waals surface area contributed by atoms with Gasteiger partial charge in [-0.25, -0.2) is 4.39 Å². The highest BCUT2D eigenvalue weighted by Crippen LogP contribution is 2.43. The second-order valence-electron chi connectivity index (χ2n) is 6.12. The van der Waals surface area contributed by atoms with Crippen LogP contribution in [0.25, 0.3) is 0 Å². The summed E-state index contributed by atoms with van der Waals surface area (Å²) >= 11 is 0. The molecule has 0 saturated carbocycles. The van der Waals surface area contributed by atoms with E-state index in [1.807, 2.05) is 0 Å². The highest BCUT2D eigenvalue weighted by molar-refractivity contribution is 5.85. The summed E-state index contributed by atoms with van der Waals surface area (Å²) in [6.45, 7) is 1.45. The first-order chi connectivity index (χ1) is 12.6. The largest absolute Gasteiger partial charge is 0.467 e. The Balaban J connectivity index is 0.00000280.